The molecule has 0 aliphatic carbocycles. The highest BCUT2D eigenvalue weighted by Gasteiger charge is 2.25. The number of nitrogen functional groups attached to an aromatic ring is 1. The molecule has 5 aromatic heterocycles. The van der Waals surface area contributed by atoms with Crippen LogP contribution in [0.25, 0.3) is 33.0 Å². The monoisotopic (exact) mass is 392 g/mol. The van der Waals surface area contributed by atoms with Gasteiger partial charge >= 0.3 is 0 Å². The Morgan fingerprint density at radius 1 is 1.07 bits per heavy atom. The Balaban J connectivity index is 1.79. The van der Waals surface area contributed by atoms with E-state index in [2.05, 4.69) is 4.98 Å². The summed E-state index contributed by atoms with van der Waals surface area (Å²) < 4.78 is 11.4. The van der Waals surface area contributed by atoms with Crippen LogP contribution in [-0.2, 0) is 0 Å². The molecule has 0 amide bonds. The van der Waals surface area contributed by atoms with Crippen LogP contribution in [0.5, 0.6) is 0 Å². The molecule has 5 heterocycles. The average molecular weight is 392 g/mol. The molecule has 0 saturated carbocycles. The smallest absolute Gasteiger partial charge is 0.240 e. The lowest BCUT2D eigenvalue weighted by atomic mass is 10.1. The van der Waals surface area contributed by atoms with Gasteiger partial charge in [0.2, 0.25) is 17.3 Å². The first-order chi connectivity index (χ1) is 13.2. The van der Waals surface area contributed by atoms with E-state index in [0.717, 1.165) is 16.1 Å². The van der Waals surface area contributed by atoms with E-state index in [1.165, 1.54) is 11.3 Å². The number of thiophene rings is 2. The van der Waals surface area contributed by atoms with Gasteiger partial charge in [0.1, 0.15) is 5.76 Å². The average Bonchev–Trinajstić information content (AvgIpc) is 3.48. The molecule has 0 aliphatic heterocycles. The van der Waals surface area contributed by atoms with E-state index in [1.807, 2.05) is 41.1 Å². The van der Waals surface area contributed by atoms with Crippen LogP contribution in [0.2, 0.25) is 0 Å². The molecule has 0 fully saturated rings. The van der Waals surface area contributed by atoms with Gasteiger partial charge in [0.15, 0.2) is 0 Å². The van der Waals surface area contributed by atoms with Gasteiger partial charge in [-0.3, -0.25) is 4.79 Å². The van der Waals surface area contributed by atoms with Gasteiger partial charge in [0.25, 0.3) is 0 Å². The molecule has 0 saturated heterocycles. The predicted molar refractivity (Wildman–Crippen MR) is 107 cm³/mol. The SMILES string of the molecule is Nc1c(C(=O)c2cccs2)oc2nc(-c3cccs3)cc(-c3ccco3)c12. The van der Waals surface area contributed by atoms with E-state index in [0.29, 0.717) is 21.7 Å². The van der Waals surface area contributed by atoms with E-state index >= 15 is 0 Å². The molecule has 7 heteroatoms. The first kappa shape index (κ1) is 16.0. The Hall–Kier alpha value is -3.16. The fourth-order valence-corrected chi connectivity index (χ4v) is 4.33. The van der Waals surface area contributed by atoms with Crippen LogP contribution in [0.4, 0.5) is 5.69 Å². The number of hydrogen-bond acceptors (Lipinski definition) is 7. The van der Waals surface area contributed by atoms with Gasteiger partial charge in [-0.2, -0.15) is 0 Å². The summed E-state index contributed by atoms with van der Waals surface area (Å²) in [4.78, 5) is 19.0. The van der Waals surface area contributed by atoms with Crippen LogP contribution in [0.3, 0.4) is 0 Å². The molecule has 0 spiro atoms. The van der Waals surface area contributed by atoms with Crippen molar-refractivity contribution in [3.63, 3.8) is 0 Å². The largest absolute Gasteiger partial charge is 0.464 e. The summed E-state index contributed by atoms with van der Waals surface area (Å²) in [5, 5.41) is 4.41. The predicted octanol–water partition coefficient (Wildman–Crippen LogP) is 5.69. The zero-order valence-electron chi connectivity index (χ0n) is 13.8. The number of carbonyl (C=O) groups excluding carboxylic acids is 1. The minimum absolute atomic E-state index is 0.107. The molecule has 5 nitrogen and oxygen atoms in total. The molecule has 2 N–H and O–H groups in total. The van der Waals surface area contributed by atoms with Crippen molar-refractivity contribution in [1.82, 2.24) is 4.98 Å². The van der Waals surface area contributed by atoms with E-state index in [9.17, 15) is 4.79 Å². The van der Waals surface area contributed by atoms with Crippen LogP contribution in [-0.4, -0.2) is 10.8 Å². The summed E-state index contributed by atoms with van der Waals surface area (Å²) >= 11 is 2.92. The van der Waals surface area contributed by atoms with E-state index in [4.69, 9.17) is 14.6 Å². The highest BCUT2D eigenvalue weighted by molar-refractivity contribution is 7.13. The number of anilines is 1. The fourth-order valence-electron chi connectivity index (χ4n) is 2.99. The summed E-state index contributed by atoms with van der Waals surface area (Å²) in [7, 11) is 0. The highest BCUT2D eigenvalue weighted by Crippen LogP contribution is 2.40. The summed E-state index contributed by atoms with van der Waals surface area (Å²) in [5.41, 5.74) is 8.43. The molecule has 0 aliphatic rings. The second-order valence-corrected chi connectivity index (χ2v) is 7.74. The Morgan fingerprint density at radius 2 is 1.93 bits per heavy atom. The zero-order chi connectivity index (χ0) is 18.4. The molecule has 0 aromatic carbocycles. The number of hydrogen-bond donors (Lipinski definition) is 1. The summed E-state index contributed by atoms with van der Waals surface area (Å²) in [6.45, 7) is 0. The lowest BCUT2D eigenvalue weighted by Crippen LogP contribution is -2.00. The summed E-state index contributed by atoms with van der Waals surface area (Å²) in [5.74, 6) is 0.502. The number of fused-ring (bicyclic) bond motifs is 1. The van der Waals surface area contributed by atoms with Crippen molar-refractivity contribution < 1.29 is 13.6 Å². The van der Waals surface area contributed by atoms with Crippen molar-refractivity contribution in [2.24, 2.45) is 0 Å². The fraction of sp³-hybridized carbons (Fsp3) is 0. The number of ketones is 1. The van der Waals surface area contributed by atoms with E-state index in [-0.39, 0.29) is 17.2 Å². The molecule has 132 valence electrons. The third-order valence-corrected chi connectivity index (χ3v) is 5.97. The van der Waals surface area contributed by atoms with E-state index < -0.39 is 0 Å². The Morgan fingerprint density at radius 3 is 2.63 bits per heavy atom. The zero-order valence-corrected chi connectivity index (χ0v) is 15.5. The second-order valence-electron chi connectivity index (χ2n) is 5.84. The topological polar surface area (TPSA) is 82.3 Å². The molecule has 5 aromatic rings. The molecule has 27 heavy (non-hydrogen) atoms. The summed E-state index contributed by atoms with van der Waals surface area (Å²) in [6, 6.07) is 13.1. The number of nitrogens with zero attached hydrogens (tertiary/aromatic N) is 1. The van der Waals surface area contributed by atoms with Crippen LogP contribution in [0.1, 0.15) is 15.4 Å². The van der Waals surface area contributed by atoms with Gasteiger partial charge in [-0.15, -0.1) is 22.7 Å². The Bertz CT molecular complexity index is 1230. The minimum Gasteiger partial charge on any atom is -0.464 e. The normalized spacial score (nSPS) is 11.3. The minimum atomic E-state index is -0.247. The van der Waals surface area contributed by atoms with Crippen molar-refractivity contribution in [3.8, 4) is 21.9 Å². The Labute approximate surface area is 161 Å². The molecule has 0 unspecified atom stereocenters. The standard InChI is InChI=1S/C20H12N2O3S2/c21-17-16-11(13-4-1-7-24-13)10-12(14-5-2-8-26-14)22-20(16)25-19(17)18(23)15-6-3-9-27-15/h1-10H,21H2. The van der Waals surface area contributed by atoms with Gasteiger partial charge in [0.05, 0.1) is 32.8 Å². The highest BCUT2D eigenvalue weighted by atomic mass is 32.1. The maximum atomic E-state index is 12.8. The first-order valence-electron chi connectivity index (χ1n) is 8.11. The lowest BCUT2D eigenvalue weighted by molar-refractivity contribution is 0.102. The third-order valence-electron chi connectivity index (χ3n) is 4.21. The van der Waals surface area contributed by atoms with Crippen molar-refractivity contribution >= 4 is 45.2 Å². The number of aromatic nitrogens is 1. The van der Waals surface area contributed by atoms with Gasteiger partial charge in [-0.1, -0.05) is 12.1 Å². The second kappa shape index (κ2) is 6.22. The first-order valence-corrected chi connectivity index (χ1v) is 9.87. The third kappa shape index (κ3) is 2.59. The maximum Gasteiger partial charge on any atom is 0.240 e. The summed E-state index contributed by atoms with van der Waals surface area (Å²) in [6.07, 6.45) is 1.60. The number of furan rings is 2. The lowest BCUT2D eigenvalue weighted by Gasteiger charge is -2.03. The van der Waals surface area contributed by atoms with Crippen molar-refractivity contribution in [3.05, 3.63) is 70.1 Å². The molecular weight excluding hydrogens is 380 g/mol. The quantitative estimate of drug-likeness (QED) is 0.397. The van der Waals surface area contributed by atoms with Crippen molar-refractivity contribution in [1.29, 1.82) is 0 Å². The number of carbonyl (C=O) groups is 1. The van der Waals surface area contributed by atoms with Crippen molar-refractivity contribution in [2.45, 2.75) is 0 Å². The van der Waals surface area contributed by atoms with Crippen LogP contribution >= 0.6 is 22.7 Å². The molecule has 0 bridgehead atoms. The van der Waals surface area contributed by atoms with Gasteiger partial charge < -0.3 is 14.6 Å². The molecule has 0 radical (unpaired) electrons. The van der Waals surface area contributed by atoms with E-state index in [1.54, 1.807) is 29.7 Å². The van der Waals surface area contributed by atoms with Gasteiger partial charge in [0, 0.05) is 5.56 Å². The number of nitrogens with two attached hydrogens (primary N) is 1. The molecule has 5 rings (SSSR count). The number of rotatable bonds is 4. The molecule has 0 atom stereocenters. The van der Waals surface area contributed by atoms with Crippen LogP contribution < -0.4 is 5.73 Å². The number of pyridine rings is 1. The van der Waals surface area contributed by atoms with Gasteiger partial charge in [-0.05, 0) is 41.1 Å². The van der Waals surface area contributed by atoms with Gasteiger partial charge in [-0.25, -0.2) is 4.98 Å². The van der Waals surface area contributed by atoms with Crippen molar-refractivity contribution in [2.75, 3.05) is 5.73 Å². The van der Waals surface area contributed by atoms with Crippen LogP contribution in [0.15, 0.2) is 68.3 Å². The van der Waals surface area contributed by atoms with Crippen LogP contribution in [0, 0.1) is 0 Å². The Kier molecular flexibility index (Phi) is 3.70. The maximum absolute atomic E-state index is 12.8. The molecular formula is C20H12N2O3S2.